The van der Waals surface area contributed by atoms with E-state index < -0.39 is 0 Å². The summed E-state index contributed by atoms with van der Waals surface area (Å²) in [5.74, 6) is 0. The fraction of sp³-hybridized carbons (Fsp3) is 0.286. The lowest BCUT2D eigenvalue weighted by molar-refractivity contribution is -0.133. The number of hydrogen-bond acceptors (Lipinski definition) is 4. The third-order valence-electron chi connectivity index (χ3n) is 1.31. The lowest BCUT2D eigenvalue weighted by Crippen LogP contribution is -1.98. The highest BCUT2D eigenvalue weighted by Crippen LogP contribution is 2.11. The van der Waals surface area contributed by atoms with Crippen LogP contribution in [0.25, 0.3) is 0 Å². The van der Waals surface area contributed by atoms with Crippen molar-refractivity contribution in [3.05, 3.63) is 24.3 Å². The molecule has 1 unspecified atom stereocenters. The molecule has 0 aliphatic rings. The molecular formula is C7H8N2O2. The SMILES string of the molecule is CC(OC=O)c1cncnc1. The Labute approximate surface area is 64.2 Å². The summed E-state index contributed by atoms with van der Waals surface area (Å²) in [4.78, 5) is 17.5. The summed E-state index contributed by atoms with van der Waals surface area (Å²) in [5.41, 5.74) is 0.791. The van der Waals surface area contributed by atoms with Crippen molar-refractivity contribution >= 4 is 6.47 Å². The highest BCUT2D eigenvalue weighted by atomic mass is 16.5. The second-order valence-corrected chi connectivity index (χ2v) is 2.05. The van der Waals surface area contributed by atoms with Crippen LogP contribution in [0.5, 0.6) is 0 Å². The van der Waals surface area contributed by atoms with E-state index in [1.54, 1.807) is 19.3 Å². The maximum absolute atomic E-state index is 9.93. The maximum atomic E-state index is 9.93. The summed E-state index contributed by atoms with van der Waals surface area (Å²) in [6.07, 6.45) is 4.38. The van der Waals surface area contributed by atoms with Crippen molar-refractivity contribution in [3.63, 3.8) is 0 Å². The molecule has 0 amide bonds. The largest absolute Gasteiger partial charge is 0.460 e. The summed E-state index contributed by atoms with van der Waals surface area (Å²) in [6.45, 7) is 2.17. The lowest BCUT2D eigenvalue weighted by atomic mass is 10.2. The molecule has 0 aliphatic heterocycles. The average Bonchev–Trinajstić information content (AvgIpc) is 2.07. The molecule has 11 heavy (non-hydrogen) atoms. The van der Waals surface area contributed by atoms with E-state index in [0.29, 0.717) is 6.47 Å². The van der Waals surface area contributed by atoms with E-state index in [-0.39, 0.29) is 6.10 Å². The normalized spacial score (nSPS) is 12.1. The number of carbonyl (C=O) groups is 1. The van der Waals surface area contributed by atoms with Gasteiger partial charge in [0.15, 0.2) is 0 Å². The molecule has 0 saturated heterocycles. The number of aromatic nitrogens is 2. The van der Waals surface area contributed by atoms with Gasteiger partial charge in [0.2, 0.25) is 0 Å². The van der Waals surface area contributed by atoms with Crippen molar-refractivity contribution in [2.75, 3.05) is 0 Å². The van der Waals surface area contributed by atoms with E-state index >= 15 is 0 Å². The second-order valence-electron chi connectivity index (χ2n) is 2.05. The van der Waals surface area contributed by atoms with Gasteiger partial charge in [-0.2, -0.15) is 0 Å². The van der Waals surface area contributed by atoms with E-state index in [1.807, 2.05) is 0 Å². The molecule has 0 spiro atoms. The van der Waals surface area contributed by atoms with Crippen LogP contribution in [0, 0.1) is 0 Å². The van der Waals surface area contributed by atoms with Gasteiger partial charge in [-0.25, -0.2) is 9.97 Å². The molecule has 58 valence electrons. The van der Waals surface area contributed by atoms with Gasteiger partial charge in [0, 0.05) is 18.0 Å². The first-order chi connectivity index (χ1) is 5.34. The Hall–Kier alpha value is -1.45. The topological polar surface area (TPSA) is 52.1 Å². The Morgan fingerprint density at radius 1 is 1.55 bits per heavy atom. The third kappa shape index (κ3) is 2.00. The van der Waals surface area contributed by atoms with Crippen LogP contribution >= 0.6 is 0 Å². The van der Waals surface area contributed by atoms with Gasteiger partial charge in [-0.05, 0) is 6.92 Å². The van der Waals surface area contributed by atoms with Crippen LogP contribution < -0.4 is 0 Å². The molecule has 1 aromatic heterocycles. The van der Waals surface area contributed by atoms with Crippen LogP contribution in [0.2, 0.25) is 0 Å². The Morgan fingerprint density at radius 2 is 2.18 bits per heavy atom. The van der Waals surface area contributed by atoms with Crippen molar-refractivity contribution < 1.29 is 9.53 Å². The smallest absolute Gasteiger partial charge is 0.293 e. The standard InChI is InChI=1S/C7H8N2O2/c1-6(11-5-10)7-2-8-4-9-3-7/h2-6H,1H3. The lowest BCUT2D eigenvalue weighted by Gasteiger charge is -2.06. The number of rotatable bonds is 3. The average molecular weight is 152 g/mol. The molecule has 0 N–H and O–H groups in total. The number of nitrogens with zero attached hydrogens (tertiary/aromatic N) is 2. The van der Waals surface area contributed by atoms with E-state index in [9.17, 15) is 4.79 Å². The molecule has 1 aromatic rings. The Bertz CT molecular complexity index is 225. The van der Waals surface area contributed by atoms with Crippen molar-refractivity contribution in [2.24, 2.45) is 0 Å². The Balaban J connectivity index is 2.68. The number of carbonyl (C=O) groups excluding carboxylic acids is 1. The van der Waals surface area contributed by atoms with Gasteiger partial charge in [-0.15, -0.1) is 0 Å². The molecule has 4 nitrogen and oxygen atoms in total. The molecule has 1 atom stereocenters. The molecule has 1 heterocycles. The van der Waals surface area contributed by atoms with Gasteiger partial charge in [0.05, 0.1) is 0 Å². The minimum absolute atomic E-state index is 0.270. The minimum Gasteiger partial charge on any atom is -0.460 e. The maximum Gasteiger partial charge on any atom is 0.293 e. The highest BCUT2D eigenvalue weighted by Gasteiger charge is 2.03. The molecule has 0 aliphatic carbocycles. The van der Waals surface area contributed by atoms with Gasteiger partial charge in [-0.3, -0.25) is 4.79 Å². The third-order valence-corrected chi connectivity index (χ3v) is 1.31. The van der Waals surface area contributed by atoms with Gasteiger partial charge in [0.25, 0.3) is 6.47 Å². The minimum atomic E-state index is -0.270. The molecule has 0 fully saturated rings. The molecule has 0 bridgehead atoms. The van der Waals surface area contributed by atoms with Gasteiger partial charge < -0.3 is 4.74 Å². The van der Waals surface area contributed by atoms with E-state index in [1.165, 1.54) is 6.33 Å². The fourth-order valence-corrected chi connectivity index (χ4v) is 0.682. The van der Waals surface area contributed by atoms with Gasteiger partial charge >= 0.3 is 0 Å². The first-order valence-corrected chi connectivity index (χ1v) is 3.18. The van der Waals surface area contributed by atoms with Crippen LogP contribution in [0.1, 0.15) is 18.6 Å². The van der Waals surface area contributed by atoms with Crippen molar-refractivity contribution in [1.82, 2.24) is 9.97 Å². The zero-order chi connectivity index (χ0) is 8.10. The molecular weight excluding hydrogens is 144 g/mol. The number of hydrogen-bond donors (Lipinski definition) is 0. The zero-order valence-electron chi connectivity index (χ0n) is 6.10. The predicted molar refractivity (Wildman–Crippen MR) is 37.6 cm³/mol. The summed E-state index contributed by atoms with van der Waals surface area (Å²) >= 11 is 0. The molecule has 0 saturated carbocycles. The Morgan fingerprint density at radius 3 is 2.73 bits per heavy atom. The van der Waals surface area contributed by atoms with Gasteiger partial charge in [0.1, 0.15) is 12.4 Å². The fourth-order valence-electron chi connectivity index (χ4n) is 0.682. The summed E-state index contributed by atoms with van der Waals surface area (Å²) in [6, 6.07) is 0. The van der Waals surface area contributed by atoms with Crippen LogP contribution in [0.3, 0.4) is 0 Å². The quantitative estimate of drug-likeness (QED) is 0.598. The van der Waals surface area contributed by atoms with Crippen LogP contribution in [-0.4, -0.2) is 16.4 Å². The van der Waals surface area contributed by atoms with Crippen LogP contribution in [0.15, 0.2) is 18.7 Å². The van der Waals surface area contributed by atoms with Crippen molar-refractivity contribution in [3.8, 4) is 0 Å². The van der Waals surface area contributed by atoms with Crippen molar-refractivity contribution in [2.45, 2.75) is 13.0 Å². The molecule has 1 rings (SSSR count). The number of ether oxygens (including phenoxy) is 1. The van der Waals surface area contributed by atoms with Gasteiger partial charge in [-0.1, -0.05) is 0 Å². The predicted octanol–water partition coefficient (Wildman–Crippen LogP) is 0.711. The van der Waals surface area contributed by atoms with E-state index in [0.717, 1.165) is 5.56 Å². The molecule has 0 aromatic carbocycles. The van der Waals surface area contributed by atoms with Crippen LogP contribution in [-0.2, 0) is 9.53 Å². The molecule has 4 heteroatoms. The van der Waals surface area contributed by atoms with E-state index in [4.69, 9.17) is 0 Å². The molecule has 0 radical (unpaired) electrons. The first kappa shape index (κ1) is 7.65. The summed E-state index contributed by atoms with van der Waals surface area (Å²) < 4.78 is 4.67. The van der Waals surface area contributed by atoms with Crippen molar-refractivity contribution in [1.29, 1.82) is 0 Å². The highest BCUT2D eigenvalue weighted by molar-refractivity contribution is 5.38. The second kappa shape index (κ2) is 3.65. The summed E-state index contributed by atoms with van der Waals surface area (Å²) in [5, 5.41) is 0. The van der Waals surface area contributed by atoms with Crippen LogP contribution in [0.4, 0.5) is 0 Å². The zero-order valence-corrected chi connectivity index (χ0v) is 6.10. The van der Waals surface area contributed by atoms with E-state index in [2.05, 4.69) is 14.7 Å². The monoisotopic (exact) mass is 152 g/mol. The first-order valence-electron chi connectivity index (χ1n) is 3.18. The Kier molecular flexibility index (Phi) is 2.54. The summed E-state index contributed by atoms with van der Waals surface area (Å²) in [7, 11) is 0.